The van der Waals surface area contributed by atoms with E-state index in [0.29, 0.717) is 18.9 Å². The fourth-order valence-corrected chi connectivity index (χ4v) is 6.46. The first kappa shape index (κ1) is 24.1. The Hall–Kier alpha value is -0.220. The van der Waals surface area contributed by atoms with Crippen molar-refractivity contribution in [1.29, 1.82) is 0 Å². The molecule has 0 amide bonds. The monoisotopic (exact) mass is 406 g/mol. The maximum atomic E-state index is 14.8. The summed E-state index contributed by atoms with van der Waals surface area (Å²) in [4.78, 5) is 0. The largest absolute Gasteiger partial charge is 0.412 e. The fraction of sp³-hybridized carbons (Fsp3) is 1.00. The first-order valence-corrected chi connectivity index (χ1v) is 12.0. The zero-order valence-corrected chi connectivity index (χ0v) is 18.2. The summed E-state index contributed by atoms with van der Waals surface area (Å²) in [6, 6.07) is 0. The number of rotatable bonds is 7. The van der Waals surface area contributed by atoms with Crippen molar-refractivity contribution in [2.24, 2.45) is 29.6 Å². The second kappa shape index (κ2) is 11.8. The van der Waals surface area contributed by atoms with Crippen LogP contribution in [0.2, 0.25) is 0 Å². The highest BCUT2D eigenvalue weighted by Gasteiger charge is 2.45. The second-order valence-corrected chi connectivity index (χ2v) is 9.78. The molecule has 3 rings (SSSR count). The Morgan fingerprint density at radius 1 is 0.714 bits per heavy atom. The lowest BCUT2D eigenvalue weighted by molar-refractivity contribution is -0.0879. The van der Waals surface area contributed by atoms with Gasteiger partial charge in [-0.25, -0.2) is 8.78 Å². The van der Waals surface area contributed by atoms with E-state index in [2.05, 4.69) is 6.92 Å². The predicted octanol–water partition coefficient (Wildman–Crippen LogP) is 6.95. The zero-order chi connectivity index (χ0) is 19.2. The second-order valence-electron chi connectivity index (χ2n) is 9.78. The van der Waals surface area contributed by atoms with E-state index in [0.717, 1.165) is 43.4 Å². The van der Waals surface area contributed by atoms with Crippen molar-refractivity contribution in [2.45, 2.75) is 116 Å². The van der Waals surface area contributed by atoms with Crippen LogP contribution in [-0.4, -0.2) is 30.5 Å². The van der Waals surface area contributed by atoms with Gasteiger partial charge in [-0.3, -0.25) is 0 Å². The van der Waals surface area contributed by atoms with Crippen molar-refractivity contribution in [3.63, 3.8) is 0 Å². The summed E-state index contributed by atoms with van der Waals surface area (Å²) in [5, 5.41) is 0. The van der Waals surface area contributed by atoms with Crippen molar-refractivity contribution in [2.75, 3.05) is 6.61 Å². The van der Waals surface area contributed by atoms with Gasteiger partial charge in [-0.1, -0.05) is 39.5 Å². The van der Waals surface area contributed by atoms with Gasteiger partial charge in [0.15, 0.2) is 6.17 Å². The van der Waals surface area contributed by atoms with Gasteiger partial charge in [-0.15, -0.1) is 0 Å². The number of hydrogen-bond donors (Lipinski definition) is 0. The SMILES string of the molecule is CCCOC1CCC(C2CCC(C3CCC(CCC)CC3)CC2)C(F)C1F.O.[HH].[HH]. The molecule has 0 saturated heterocycles. The zero-order valence-electron chi connectivity index (χ0n) is 18.2. The van der Waals surface area contributed by atoms with Crippen LogP contribution in [-0.2, 0) is 4.74 Å². The molecule has 2 nitrogen and oxygen atoms in total. The topological polar surface area (TPSA) is 40.7 Å². The van der Waals surface area contributed by atoms with Gasteiger partial charge in [-0.2, -0.15) is 0 Å². The average molecular weight is 407 g/mol. The molecule has 28 heavy (non-hydrogen) atoms. The van der Waals surface area contributed by atoms with Crippen molar-refractivity contribution in [1.82, 2.24) is 0 Å². The first-order chi connectivity index (χ1) is 13.1. The van der Waals surface area contributed by atoms with E-state index >= 15 is 0 Å². The summed E-state index contributed by atoms with van der Waals surface area (Å²) < 4.78 is 34.9. The van der Waals surface area contributed by atoms with E-state index in [-0.39, 0.29) is 14.2 Å². The number of alkyl halides is 2. The number of ether oxygens (including phenoxy) is 1. The molecule has 0 aromatic rings. The Bertz CT molecular complexity index is 427. The lowest BCUT2D eigenvalue weighted by Gasteiger charge is -2.43. The summed E-state index contributed by atoms with van der Waals surface area (Å²) in [7, 11) is 0. The van der Waals surface area contributed by atoms with Crippen LogP contribution in [0.4, 0.5) is 8.78 Å². The maximum absolute atomic E-state index is 14.8. The van der Waals surface area contributed by atoms with E-state index in [9.17, 15) is 8.78 Å². The highest BCUT2D eigenvalue weighted by molar-refractivity contribution is 4.94. The third-order valence-electron chi connectivity index (χ3n) is 8.07. The van der Waals surface area contributed by atoms with Gasteiger partial charge in [0.05, 0.1) is 6.10 Å². The molecule has 4 heteroatoms. The quantitative estimate of drug-likeness (QED) is 0.451. The van der Waals surface area contributed by atoms with Gasteiger partial charge in [-0.05, 0) is 87.4 Å². The molecular formula is C24H48F2O2. The van der Waals surface area contributed by atoms with Crippen molar-refractivity contribution in [3.8, 4) is 0 Å². The van der Waals surface area contributed by atoms with E-state index in [1.807, 2.05) is 6.92 Å². The van der Waals surface area contributed by atoms with E-state index in [1.165, 1.54) is 51.4 Å². The van der Waals surface area contributed by atoms with Crippen molar-refractivity contribution < 1.29 is 21.8 Å². The van der Waals surface area contributed by atoms with Crippen LogP contribution >= 0.6 is 0 Å². The van der Waals surface area contributed by atoms with Gasteiger partial charge in [0, 0.05) is 9.46 Å². The Labute approximate surface area is 174 Å². The summed E-state index contributed by atoms with van der Waals surface area (Å²) >= 11 is 0. The molecule has 0 aliphatic heterocycles. The first-order valence-electron chi connectivity index (χ1n) is 12.0. The van der Waals surface area contributed by atoms with Gasteiger partial charge in [0.2, 0.25) is 0 Å². The van der Waals surface area contributed by atoms with Crippen LogP contribution in [0.1, 0.15) is 100 Å². The molecule has 170 valence electrons. The van der Waals surface area contributed by atoms with Crippen LogP contribution in [0.5, 0.6) is 0 Å². The van der Waals surface area contributed by atoms with Gasteiger partial charge in [0.1, 0.15) is 6.17 Å². The molecule has 0 radical (unpaired) electrons. The maximum Gasteiger partial charge on any atom is 0.157 e. The van der Waals surface area contributed by atoms with Crippen LogP contribution in [0, 0.1) is 29.6 Å². The molecule has 4 atom stereocenters. The molecular weight excluding hydrogens is 358 g/mol. The summed E-state index contributed by atoms with van der Waals surface area (Å²) in [6.07, 6.45) is 12.3. The molecule has 3 fully saturated rings. The lowest BCUT2D eigenvalue weighted by atomic mass is 9.65. The normalized spacial score (nSPS) is 42.0. The summed E-state index contributed by atoms with van der Waals surface area (Å²) in [5.41, 5.74) is 0. The summed E-state index contributed by atoms with van der Waals surface area (Å²) in [5.74, 6) is 3.07. The third-order valence-corrected chi connectivity index (χ3v) is 8.07. The fourth-order valence-electron chi connectivity index (χ4n) is 6.46. The smallest absolute Gasteiger partial charge is 0.157 e. The molecule has 3 aliphatic carbocycles. The highest BCUT2D eigenvalue weighted by Crippen LogP contribution is 2.46. The molecule has 0 bridgehead atoms. The molecule has 3 saturated carbocycles. The van der Waals surface area contributed by atoms with Crippen LogP contribution in [0.15, 0.2) is 0 Å². The van der Waals surface area contributed by atoms with E-state index < -0.39 is 18.4 Å². The summed E-state index contributed by atoms with van der Waals surface area (Å²) in [6.45, 7) is 4.87. The predicted molar refractivity (Wildman–Crippen MR) is 116 cm³/mol. The van der Waals surface area contributed by atoms with Crippen LogP contribution in [0.3, 0.4) is 0 Å². The van der Waals surface area contributed by atoms with Gasteiger partial charge < -0.3 is 10.2 Å². The van der Waals surface area contributed by atoms with E-state index in [4.69, 9.17) is 4.74 Å². The standard InChI is InChI=1S/C24H42F2O.H2O.2H2/c1-3-5-17-6-8-18(9-7-17)19-10-12-20(13-11-19)21-14-15-22(27-16-4-2)24(26)23(21)25;;;/h17-24H,3-16H2,1-2H3;1H2;2*1H. The van der Waals surface area contributed by atoms with Gasteiger partial charge >= 0.3 is 0 Å². The van der Waals surface area contributed by atoms with Crippen molar-refractivity contribution >= 4 is 0 Å². The lowest BCUT2D eigenvalue weighted by Crippen LogP contribution is -2.46. The molecule has 0 spiro atoms. The Kier molecular flexibility index (Phi) is 10.2. The number of halogens is 2. The van der Waals surface area contributed by atoms with Crippen LogP contribution < -0.4 is 0 Å². The van der Waals surface area contributed by atoms with Crippen LogP contribution in [0.25, 0.3) is 0 Å². The minimum absolute atomic E-state index is 0. The minimum atomic E-state index is -1.41. The van der Waals surface area contributed by atoms with E-state index in [1.54, 1.807) is 0 Å². The molecule has 3 aliphatic rings. The third kappa shape index (κ3) is 5.90. The molecule has 4 unspecified atom stereocenters. The molecule has 0 aromatic carbocycles. The Morgan fingerprint density at radius 3 is 1.86 bits per heavy atom. The number of hydrogen-bond acceptors (Lipinski definition) is 1. The Morgan fingerprint density at radius 2 is 1.29 bits per heavy atom. The minimum Gasteiger partial charge on any atom is -0.412 e. The van der Waals surface area contributed by atoms with Crippen molar-refractivity contribution in [3.05, 3.63) is 0 Å². The molecule has 0 aromatic heterocycles. The molecule has 0 heterocycles. The molecule has 2 N–H and O–H groups in total. The Balaban J connectivity index is 0.00000280. The highest BCUT2D eigenvalue weighted by atomic mass is 19.2. The van der Waals surface area contributed by atoms with Gasteiger partial charge in [0.25, 0.3) is 0 Å². The average Bonchev–Trinajstić information content (AvgIpc) is 2.70.